The molecule has 0 radical (unpaired) electrons. The van der Waals surface area contributed by atoms with Crippen LogP contribution in [0.15, 0.2) is 56.8 Å². The van der Waals surface area contributed by atoms with Crippen molar-refractivity contribution in [3.05, 3.63) is 70.2 Å². The molecule has 0 saturated carbocycles. The summed E-state index contributed by atoms with van der Waals surface area (Å²) in [4.78, 5) is 11.3. The molecule has 148 valence electrons. The molecule has 0 bridgehead atoms. The molecule has 0 fully saturated rings. The number of hydrogen-bond donors (Lipinski definition) is 1. The van der Waals surface area contributed by atoms with E-state index in [1.807, 2.05) is 0 Å². The van der Waals surface area contributed by atoms with Crippen molar-refractivity contribution in [1.29, 1.82) is 0 Å². The van der Waals surface area contributed by atoms with Crippen LogP contribution in [0.1, 0.15) is 11.1 Å². The summed E-state index contributed by atoms with van der Waals surface area (Å²) < 4.78 is 81.9. The van der Waals surface area contributed by atoms with E-state index in [1.165, 1.54) is 19.1 Å². The highest BCUT2D eigenvalue weighted by Crippen LogP contribution is 2.34. The number of aryl methyl sites for hydroxylation is 1. The van der Waals surface area contributed by atoms with Gasteiger partial charge in [0.05, 0.1) is 16.9 Å². The molecule has 1 heterocycles. The molecule has 11 heteroatoms. The van der Waals surface area contributed by atoms with Crippen LogP contribution >= 0.6 is 0 Å². The van der Waals surface area contributed by atoms with Crippen molar-refractivity contribution in [3.63, 3.8) is 0 Å². The first-order valence-corrected chi connectivity index (χ1v) is 9.15. The van der Waals surface area contributed by atoms with E-state index in [0.717, 1.165) is 35.1 Å². The quantitative estimate of drug-likeness (QED) is 0.664. The van der Waals surface area contributed by atoms with Crippen molar-refractivity contribution in [2.75, 3.05) is 0 Å². The van der Waals surface area contributed by atoms with Gasteiger partial charge in [0.15, 0.2) is 0 Å². The van der Waals surface area contributed by atoms with Gasteiger partial charge in [-0.3, -0.25) is 0 Å². The second-order valence-corrected chi connectivity index (χ2v) is 7.44. The first-order chi connectivity index (χ1) is 12.9. The van der Waals surface area contributed by atoms with Crippen LogP contribution in [0.3, 0.4) is 0 Å². The van der Waals surface area contributed by atoms with E-state index in [9.17, 15) is 30.8 Å². The number of primary sulfonamides is 1. The van der Waals surface area contributed by atoms with Gasteiger partial charge in [-0.2, -0.15) is 13.2 Å². The predicted molar refractivity (Wildman–Crippen MR) is 90.8 cm³/mol. The van der Waals surface area contributed by atoms with Crippen LogP contribution < -0.4 is 10.9 Å². The maximum atomic E-state index is 14.1. The van der Waals surface area contributed by atoms with Crippen molar-refractivity contribution < 1.29 is 30.4 Å². The number of sulfonamides is 1. The van der Waals surface area contributed by atoms with Gasteiger partial charge in [-0.15, -0.1) is 0 Å². The summed E-state index contributed by atoms with van der Waals surface area (Å²) in [5.74, 6) is -2.18. The highest BCUT2D eigenvalue weighted by Gasteiger charge is 2.33. The Balaban J connectivity index is 2.20. The van der Waals surface area contributed by atoms with Gasteiger partial charge in [0.25, 0.3) is 0 Å². The Bertz CT molecular complexity index is 1230. The fourth-order valence-corrected chi connectivity index (χ4v) is 3.29. The van der Waals surface area contributed by atoms with Crippen molar-refractivity contribution in [2.45, 2.75) is 18.0 Å². The summed E-state index contributed by atoms with van der Waals surface area (Å²) >= 11 is 0. The van der Waals surface area contributed by atoms with E-state index in [-0.39, 0.29) is 22.5 Å². The fraction of sp³-hybridized carbons (Fsp3) is 0.118. The Morgan fingerprint density at radius 3 is 2.36 bits per heavy atom. The Morgan fingerprint density at radius 2 is 1.79 bits per heavy atom. The number of benzene rings is 2. The zero-order valence-electron chi connectivity index (χ0n) is 14.1. The molecule has 0 amide bonds. The van der Waals surface area contributed by atoms with E-state index in [1.54, 1.807) is 0 Å². The Labute approximate surface area is 155 Å². The van der Waals surface area contributed by atoms with E-state index >= 15 is 0 Å². The highest BCUT2D eigenvalue weighted by molar-refractivity contribution is 7.89. The molecule has 3 rings (SSSR count). The van der Waals surface area contributed by atoms with E-state index in [4.69, 9.17) is 9.56 Å². The van der Waals surface area contributed by atoms with Gasteiger partial charge < -0.3 is 4.42 Å². The number of nitrogens with zero attached hydrogens (tertiary/aromatic N) is 1. The summed E-state index contributed by atoms with van der Waals surface area (Å²) in [6, 6.07) is 6.07. The summed E-state index contributed by atoms with van der Waals surface area (Å²) in [7, 11) is -4.31. The zero-order valence-corrected chi connectivity index (χ0v) is 14.9. The molecule has 2 N–H and O–H groups in total. The lowest BCUT2D eigenvalue weighted by atomic mass is 10.1. The first kappa shape index (κ1) is 19.8. The standard InChI is InChI=1S/C17H12F4N2O4S/c1-9-2-4-11(7-12(9)17(19,20)21)23-14(8-27-16(23)24)10-3-5-15(13(18)6-10)28(22,25)26/h2-8H,1H3,(H2,22,25,26). The minimum atomic E-state index is -4.64. The molecule has 28 heavy (non-hydrogen) atoms. The number of oxazole rings is 1. The van der Waals surface area contributed by atoms with E-state index in [0.29, 0.717) is 0 Å². The third kappa shape index (κ3) is 3.58. The normalized spacial score (nSPS) is 12.4. The van der Waals surface area contributed by atoms with Crippen molar-refractivity contribution in [3.8, 4) is 16.9 Å². The molecule has 0 atom stereocenters. The van der Waals surface area contributed by atoms with Gasteiger partial charge in [0.2, 0.25) is 10.0 Å². The summed E-state index contributed by atoms with van der Waals surface area (Å²) in [5.41, 5.74) is -1.20. The second-order valence-electron chi connectivity index (χ2n) is 5.91. The fourth-order valence-electron chi connectivity index (χ4n) is 2.70. The van der Waals surface area contributed by atoms with Gasteiger partial charge in [-0.25, -0.2) is 27.3 Å². The van der Waals surface area contributed by atoms with Crippen LogP contribution in [-0.4, -0.2) is 13.0 Å². The number of nitrogens with two attached hydrogens (primary N) is 1. The van der Waals surface area contributed by atoms with Crippen LogP contribution in [0.5, 0.6) is 0 Å². The second kappa shape index (κ2) is 6.60. The Kier molecular flexibility index (Phi) is 4.68. The summed E-state index contributed by atoms with van der Waals surface area (Å²) in [6.07, 6.45) is -3.71. The van der Waals surface area contributed by atoms with Crippen molar-refractivity contribution in [2.24, 2.45) is 5.14 Å². The maximum Gasteiger partial charge on any atom is 0.424 e. The Morgan fingerprint density at radius 1 is 1.11 bits per heavy atom. The zero-order chi connectivity index (χ0) is 20.9. The third-order valence-electron chi connectivity index (χ3n) is 4.01. The van der Waals surface area contributed by atoms with Crippen LogP contribution in [0.4, 0.5) is 17.6 Å². The summed E-state index contributed by atoms with van der Waals surface area (Å²) in [5, 5.41) is 4.89. The minimum absolute atomic E-state index is 0.00452. The SMILES string of the molecule is Cc1ccc(-n2c(-c3ccc(S(N)(=O)=O)c(F)c3)coc2=O)cc1C(F)(F)F. The minimum Gasteiger partial charge on any atom is -0.415 e. The third-order valence-corrected chi connectivity index (χ3v) is 4.96. The van der Waals surface area contributed by atoms with Gasteiger partial charge >= 0.3 is 11.9 Å². The Hall–Kier alpha value is -2.92. The van der Waals surface area contributed by atoms with Gasteiger partial charge in [0.1, 0.15) is 17.0 Å². The lowest BCUT2D eigenvalue weighted by Crippen LogP contribution is -2.16. The topological polar surface area (TPSA) is 95.3 Å². The van der Waals surface area contributed by atoms with Crippen LogP contribution in [0, 0.1) is 12.7 Å². The average Bonchev–Trinajstić information content (AvgIpc) is 2.94. The molecule has 0 unspecified atom stereocenters. The molecule has 0 aliphatic heterocycles. The average molecular weight is 416 g/mol. The highest BCUT2D eigenvalue weighted by atomic mass is 32.2. The summed E-state index contributed by atoms with van der Waals surface area (Å²) in [6.45, 7) is 1.27. The van der Waals surface area contributed by atoms with Crippen molar-refractivity contribution in [1.82, 2.24) is 4.57 Å². The number of alkyl halides is 3. The molecule has 1 aromatic heterocycles. The smallest absolute Gasteiger partial charge is 0.415 e. The monoisotopic (exact) mass is 416 g/mol. The maximum absolute atomic E-state index is 14.1. The van der Waals surface area contributed by atoms with E-state index < -0.39 is 38.2 Å². The molecule has 0 spiro atoms. The lowest BCUT2D eigenvalue weighted by Gasteiger charge is -2.13. The molecule has 0 aliphatic rings. The molecule has 0 aliphatic carbocycles. The molecule has 0 saturated heterocycles. The van der Waals surface area contributed by atoms with Crippen LogP contribution in [0.25, 0.3) is 16.9 Å². The molecular formula is C17H12F4N2O4S. The molecule has 6 nitrogen and oxygen atoms in total. The number of rotatable bonds is 3. The van der Waals surface area contributed by atoms with Gasteiger partial charge in [-0.1, -0.05) is 12.1 Å². The van der Waals surface area contributed by atoms with Crippen LogP contribution in [-0.2, 0) is 16.2 Å². The van der Waals surface area contributed by atoms with Gasteiger partial charge in [-0.05, 0) is 36.8 Å². The van der Waals surface area contributed by atoms with E-state index in [2.05, 4.69) is 0 Å². The predicted octanol–water partition coefficient (Wildman–Crippen LogP) is 3.21. The largest absolute Gasteiger partial charge is 0.424 e. The molecular weight excluding hydrogens is 404 g/mol. The number of aromatic nitrogens is 1. The number of hydrogen-bond acceptors (Lipinski definition) is 4. The van der Waals surface area contributed by atoms with Gasteiger partial charge in [0, 0.05) is 5.56 Å². The van der Waals surface area contributed by atoms with Crippen LogP contribution in [0.2, 0.25) is 0 Å². The van der Waals surface area contributed by atoms with Crippen molar-refractivity contribution >= 4 is 10.0 Å². The molecule has 2 aromatic carbocycles. The number of halogens is 4. The molecule has 3 aromatic rings. The first-order valence-electron chi connectivity index (χ1n) is 7.61. The lowest BCUT2D eigenvalue weighted by molar-refractivity contribution is -0.138.